The van der Waals surface area contributed by atoms with Gasteiger partial charge in [0.1, 0.15) is 25.2 Å². The van der Waals surface area contributed by atoms with Crippen LogP contribution in [0.2, 0.25) is 10.0 Å². The van der Waals surface area contributed by atoms with Crippen LogP contribution in [0, 0.1) is 5.21 Å². The van der Waals surface area contributed by atoms with Crippen LogP contribution in [0.25, 0.3) is 0 Å². The maximum Gasteiger partial charge on any atom is 0.310 e. The number of carbonyl (C=O) groups excluding carboxylic acids is 4. The Morgan fingerprint density at radius 3 is 2.45 bits per heavy atom. The second kappa shape index (κ2) is 11.6. The number of esters is 1. The number of amides is 3. The molecular formula is C24H30Cl2N4O8. The molecule has 2 N–H and O–H groups in total. The molecule has 12 nitrogen and oxygen atoms in total. The molecule has 0 aromatic heterocycles. The summed E-state index contributed by atoms with van der Waals surface area (Å²) in [5.41, 5.74) is 0.113. The molecule has 3 saturated heterocycles. The standard InChI is InChI=1S/C24H30Cl2N4O8/c1-3-37-24-17(12-19(31)38-24)28-22(33)18-7-5-9-30(35)8-4-6-16(23(34)29(18)30)27-21(32)13-10-14(25)20(36-2)15(26)11-13/h10-11,16-18,24H,3-9,12H2,1-2H3,(H,27,32)(H,28,33)/t16-,17-,18-,24?,30?/m0/s1. The van der Waals surface area contributed by atoms with Crippen LogP contribution < -0.4 is 15.4 Å². The highest BCUT2D eigenvalue weighted by molar-refractivity contribution is 6.37. The smallest absolute Gasteiger partial charge is 0.310 e. The molecule has 4 rings (SSSR count). The SMILES string of the molecule is CCOC1OC(=O)C[C@@H]1NC(=O)[C@@H]1CCC[N+]2([O-])CCC[C@H](NC(=O)c3cc(Cl)c(OC)c(Cl)c3)C(=O)N12. The van der Waals surface area contributed by atoms with Crippen molar-refractivity contribution in [3.63, 3.8) is 0 Å². The van der Waals surface area contributed by atoms with Crippen molar-refractivity contribution in [3.8, 4) is 5.75 Å². The molecule has 208 valence electrons. The number of nitrogens with one attached hydrogen (secondary N) is 2. The van der Waals surface area contributed by atoms with Crippen molar-refractivity contribution >= 4 is 46.9 Å². The first-order valence-electron chi connectivity index (χ1n) is 12.4. The lowest BCUT2D eigenvalue weighted by Gasteiger charge is -2.53. The van der Waals surface area contributed by atoms with Gasteiger partial charge in [-0.3, -0.25) is 23.9 Å². The summed E-state index contributed by atoms with van der Waals surface area (Å²) in [4.78, 5) is 51.8. The third-order valence-electron chi connectivity index (χ3n) is 6.89. The number of rotatable bonds is 7. The third-order valence-corrected chi connectivity index (χ3v) is 7.45. The Bertz CT molecular complexity index is 1100. The molecular weight excluding hydrogens is 543 g/mol. The van der Waals surface area contributed by atoms with E-state index < -0.39 is 52.9 Å². The Hall–Kier alpha value is -2.64. The maximum atomic E-state index is 13.8. The van der Waals surface area contributed by atoms with Crippen LogP contribution in [-0.4, -0.2) is 84.7 Å². The van der Waals surface area contributed by atoms with Gasteiger partial charge in [-0.25, -0.2) is 0 Å². The zero-order valence-corrected chi connectivity index (χ0v) is 22.5. The molecule has 3 heterocycles. The molecule has 0 radical (unpaired) electrons. The van der Waals surface area contributed by atoms with Gasteiger partial charge in [0.25, 0.3) is 11.8 Å². The first-order chi connectivity index (χ1) is 18.1. The summed E-state index contributed by atoms with van der Waals surface area (Å²) in [6.07, 6.45) is 0.228. The highest BCUT2D eigenvalue weighted by Crippen LogP contribution is 2.34. The van der Waals surface area contributed by atoms with Crippen LogP contribution in [0.4, 0.5) is 0 Å². The van der Waals surface area contributed by atoms with Gasteiger partial charge in [-0.05, 0) is 31.9 Å². The first-order valence-corrected chi connectivity index (χ1v) is 13.2. The number of benzene rings is 1. The number of hydrogen-bond donors (Lipinski definition) is 2. The van der Waals surface area contributed by atoms with Crippen LogP contribution in [0.1, 0.15) is 49.4 Å². The molecule has 0 bridgehead atoms. The Morgan fingerprint density at radius 2 is 1.82 bits per heavy atom. The lowest BCUT2D eigenvalue weighted by Crippen LogP contribution is -2.70. The van der Waals surface area contributed by atoms with Gasteiger partial charge in [0.2, 0.25) is 12.2 Å². The van der Waals surface area contributed by atoms with Crippen molar-refractivity contribution in [2.75, 3.05) is 26.8 Å². The fraction of sp³-hybridized carbons (Fsp3) is 0.583. The van der Waals surface area contributed by atoms with Crippen LogP contribution in [0.5, 0.6) is 5.75 Å². The normalized spacial score (nSPS) is 29.2. The molecule has 3 aliphatic rings. The second-order valence-corrected chi connectivity index (χ2v) is 10.2. The van der Waals surface area contributed by atoms with Crippen LogP contribution in [0.15, 0.2) is 12.1 Å². The van der Waals surface area contributed by atoms with Gasteiger partial charge in [0.15, 0.2) is 11.8 Å². The van der Waals surface area contributed by atoms with E-state index in [0.717, 1.165) is 5.01 Å². The molecule has 3 amide bonds. The number of quaternary nitrogens is 1. The topological polar surface area (TPSA) is 146 Å². The number of hydroxylamine groups is 2. The summed E-state index contributed by atoms with van der Waals surface area (Å²) in [6.45, 7) is 2.21. The summed E-state index contributed by atoms with van der Waals surface area (Å²) in [5, 5.41) is 20.4. The minimum atomic E-state index is -1.09. The van der Waals surface area contributed by atoms with Crippen LogP contribution in [-0.2, 0) is 23.9 Å². The molecule has 3 aliphatic heterocycles. The van der Waals surface area contributed by atoms with Crippen molar-refractivity contribution in [2.24, 2.45) is 0 Å². The number of hydrogen-bond acceptors (Lipinski definition) is 8. The number of ether oxygens (including phenoxy) is 3. The molecule has 5 atom stereocenters. The van der Waals surface area contributed by atoms with E-state index in [4.69, 9.17) is 37.4 Å². The van der Waals surface area contributed by atoms with Crippen LogP contribution >= 0.6 is 23.2 Å². The van der Waals surface area contributed by atoms with Crippen molar-refractivity contribution in [1.29, 1.82) is 0 Å². The van der Waals surface area contributed by atoms with Gasteiger partial charge in [0.05, 0.1) is 23.6 Å². The van der Waals surface area contributed by atoms with E-state index in [1.165, 1.54) is 19.2 Å². The quantitative estimate of drug-likeness (QED) is 0.286. The lowest BCUT2D eigenvalue weighted by molar-refractivity contribution is -0.988. The number of carbonyl (C=O) groups is 4. The minimum absolute atomic E-state index is 0.0781. The first kappa shape index (κ1) is 28.4. The zero-order chi connectivity index (χ0) is 27.6. The summed E-state index contributed by atoms with van der Waals surface area (Å²) in [6, 6.07) is -0.139. The molecule has 38 heavy (non-hydrogen) atoms. The largest absolute Gasteiger partial charge is 0.606 e. The molecule has 14 heteroatoms. The zero-order valence-electron chi connectivity index (χ0n) is 21.0. The average molecular weight is 573 g/mol. The predicted octanol–water partition coefficient (Wildman–Crippen LogP) is 1.91. The van der Waals surface area contributed by atoms with Gasteiger partial charge < -0.3 is 30.1 Å². The third kappa shape index (κ3) is 5.69. The van der Waals surface area contributed by atoms with Gasteiger partial charge in [-0.1, -0.05) is 23.2 Å². The van der Waals surface area contributed by atoms with Crippen molar-refractivity contribution in [3.05, 3.63) is 32.9 Å². The van der Waals surface area contributed by atoms with E-state index in [2.05, 4.69) is 10.6 Å². The molecule has 3 fully saturated rings. The highest BCUT2D eigenvalue weighted by Gasteiger charge is 2.49. The minimum Gasteiger partial charge on any atom is -0.606 e. The second-order valence-electron chi connectivity index (χ2n) is 9.41. The number of cyclic esters (lactones) is 1. The van der Waals surface area contributed by atoms with Gasteiger partial charge in [-0.2, -0.15) is 5.01 Å². The fourth-order valence-corrected chi connectivity index (χ4v) is 5.79. The monoisotopic (exact) mass is 572 g/mol. The summed E-state index contributed by atoms with van der Waals surface area (Å²) in [5.74, 6) is -2.15. The van der Waals surface area contributed by atoms with E-state index in [9.17, 15) is 24.4 Å². The lowest BCUT2D eigenvalue weighted by atomic mass is 10.0. The average Bonchev–Trinajstić information content (AvgIpc) is 3.14. The Labute approximate surface area is 229 Å². The molecule has 2 unspecified atom stereocenters. The van der Waals surface area contributed by atoms with E-state index in [0.29, 0.717) is 12.8 Å². The molecule has 0 spiro atoms. The molecule has 0 saturated carbocycles. The fourth-order valence-electron chi connectivity index (χ4n) is 5.15. The van der Waals surface area contributed by atoms with Crippen molar-refractivity contribution in [2.45, 2.75) is 63.4 Å². The molecule has 1 aromatic rings. The Morgan fingerprint density at radius 1 is 1.16 bits per heavy atom. The Balaban J connectivity index is 1.53. The maximum absolute atomic E-state index is 13.8. The van der Waals surface area contributed by atoms with E-state index >= 15 is 0 Å². The van der Waals surface area contributed by atoms with E-state index in [1.54, 1.807) is 6.92 Å². The number of methoxy groups -OCH3 is 1. The predicted molar refractivity (Wildman–Crippen MR) is 135 cm³/mol. The van der Waals surface area contributed by atoms with Gasteiger partial charge in [0, 0.05) is 25.0 Å². The highest BCUT2D eigenvalue weighted by atomic mass is 35.5. The van der Waals surface area contributed by atoms with E-state index in [-0.39, 0.29) is 60.3 Å². The molecule has 1 aromatic carbocycles. The van der Waals surface area contributed by atoms with Crippen LogP contribution in [0.3, 0.4) is 0 Å². The number of nitrogens with zero attached hydrogens (tertiary/aromatic N) is 2. The number of halogens is 2. The summed E-state index contributed by atoms with van der Waals surface area (Å²) < 4.78 is 14.6. The summed E-state index contributed by atoms with van der Waals surface area (Å²) >= 11 is 12.3. The van der Waals surface area contributed by atoms with Crippen molar-refractivity contribution in [1.82, 2.24) is 15.6 Å². The summed E-state index contributed by atoms with van der Waals surface area (Å²) in [7, 11) is 1.39. The van der Waals surface area contributed by atoms with Gasteiger partial charge >= 0.3 is 5.97 Å². The van der Waals surface area contributed by atoms with Crippen molar-refractivity contribution < 1.29 is 38.1 Å². The van der Waals surface area contributed by atoms with E-state index in [1.807, 2.05) is 0 Å². The number of fused-ring (bicyclic) bond motifs is 1. The molecule has 0 aliphatic carbocycles. The Kier molecular flexibility index (Phi) is 8.68. The van der Waals surface area contributed by atoms with Gasteiger partial charge in [-0.15, -0.1) is 0 Å².